The normalized spacial score (nSPS) is 17.6. The predicted molar refractivity (Wildman–Crippen MR) is 51.2 cm³/mol. The molecule has 3 atom stereocenters. The largest absolute Gasteiger partial charge is 0.396 e. The molecule has 0 spiro atoms. The first kappa shape index (κ1) is 12.3. The maximum Gasteiger partial charge on any atom is 0.143 e. The van der Waals surface area contributed by atoms with E-state index in [-0.39, 0.29) is 12.4 Å². The van der Waals surface area contributed by atoms with Crippen molar-refractivity contribution >= 4 is 5.78 Å². The minimum atomic E-state index is -0.804. The average Bonchev–Trinajstić information content (AvgIpc) is 2.12. The van der Waals surface area contributed by atoms with Crippen molar-refractivity contribution in [3.8, 4) is 0 Å². The summed E-state index contributed by atoms with van der Waals surface area (Å²) in [6.07, 6.45) is -0.804. The number of rotatable bonds is 5. The van der Waals surface area contributed by atoms with Crippen LogP contribution in [0.4, 0.5) is 0 Å². The Labute approximate surface area is 79.1 Å². The molecule has 0 aromatic carbocycles. The summed E-state index contributed by atoms with van der Waals surface area (Å²) in [5.41, 5.74) is 0.575. The van der Waals surface area contributed by atoms with Crippen LogP contribution in [0.3, 0.4) is 0 Å². The first-order chi connectivity index (χ1) is 5.91. The third-order valence-electron chi connectivity index (χ3n) is 2.19. The Morgan fingerprint density at radius 2 is 1.92 bits per heavy atom. The molecular weight excluding hydrogens is 168 g/mol. The molecule has 0 aromatic heterocycles. The molecule has 0 saturated carbocycles. The second kappa shape index (κ2) is 5.14. The zero-order valence-electron chi connectivity index (χ0n) is 8.45. The maximum absolute atomic E-state index is 11.5. The van der Waals surface area contributed by atoms with Gasteiger partial charge in [0.05, 0.1) is 12.7 Å². The number of hydrogen-bond donors (Lipinski definition) is 2. The second-order valence-electron chi connectivity index (χ2n) is 3.57. The Morgan fingerprint density at radius 3 is 2.23 bits per heavy atom. The topological polar surface area (TPSA) is 57.5 Å². The summed E-state index contributed by atoms with van der Waals surface area (Å²) in [6, 6.07) is 0. The number of aliphatic hydroxyl groups is 2. The number of carbonyl (C=O) groups excluding carboxylic acids is 1. The first-order valence-electron chi connectivity index (χ1n) is 4.39. The highest BCUT2D eigenvalue weighted by Gasteiger charge is 2.25. The lowest BCUT2D eigenvalue weighted by molar-refractivity contribution is -0.129. The predicted octanol–water partition coefficient (Wildman–Crippen LogP) is 0.757. The van der Waals surface area contributed by atoms with Crippen molar-refractivity contribution < 1.29 is 15.0 Å². The van der Waals surface area contributed by atoms with Crippen molar-refractivity contribution in [3.63, 3.8) is 0 Å². The Morgan fingerprint density at radius 1 is 1.46 bits per heavy atom. The Hall–Kier alpha value is -0.670. The van der Waals surface area contributed by atoms with E-state index in [1.54, 1.807) is 20.8 Å². The summed E-state index contributed by atoms with van der Waals surface area (Å²) < 4.78 is 0. The van der Waals surface area contributed by atoms with Gasteiger partial charge in [-0.15, -0.1) is 0 Å². The van der Waals surface area contributed by atoms with Crippen LogP contribution in [0.25, 0.3) is 0 Å². The van der Waals surface area contributed by atoms with Crippen LogP contribution in [-0.2, 0) is 4.79 Å². The van der Waals surface area contributed by atoms with Crippen LogP contribution in [-0.4, -0.2) is 28.7 Å². The summed E-state index contributed by atoms with van der Waals surface area (Å²) in [7, 11) is 0. The smallest absolute Gasteiger partial charge is 0.143 e. The molecule has 3 nitrogen and oxygen atoms in total. The number of carbonyl (C=O) groups is 1. The van der Waals surface area contributed by atoms with Crippen LogP contribution < -0.4 is 0 Å². The molecule has 0 radical (unpaired) electrons. The van der Waals surface area contributed by atoms with Gasteiger partial charge in [-0.05, 0) is 6.92 Å². The van der Waals surface area contributed by atoms with Crippen molar-refractivity contribution in [1.82, 2.24) is 0 Å². The molecule has 0 aromatic rings. The molecule has 0 aliphatic rings. The van der Waals surface area contributed by atoms with E-state index in [1.165, 1.54) is 0 Å². The van der Waals surface area contributed by atoms with Gasteiger partial charge in [0.15, 0.2) is 0 Å². The van der Waals surface area contributed by atoms with Gasteiger partial charge in [-0.2, -0.15) is 0 Å². The van der Waals surface area contributed by atoms with E-state index in [0.717, 1.165) is 0 Å². The third-order valence-corrected chi connectivity index (χ3v) is 2.19. The summed E-state index contributed by atoms with van der Waals surface area (Å²) in [4.78, 5) is 11.5. The number of hydrogen-bond acceptors (Lipinski definition) is 3. The minimum Gasteiger partial charge on any atom is -0.396 e. The molecule has 3 unspecified atom stereocenters. The molecule has 0 bridgehead atoms. The van der Waals surface area contributed by atoms with Crippen molar-refractivity contribution in [3.05, 3.63) is 12.2 Å². The molecule has 76 valence electrons. The average molecular weight is 186 g/mol. The maximum atomic E-state index is 11.5. The number of ketones is 1. The standard InChI is InChI=1S/C10H18O3/c1-6(2)9(12)8(4)10(13)7(3)5-11/h7-9,11-12H,1,5H2,2-4H3. The highest BCUT2D eigenvalue weighted by atomic mass is 16.3. The van der Waals surface area contributed by atoms with Crippen LogP contribution in [0, 0.1) is 11.8 Å². The van der Waals surface area contributed by atoms with E-state index >= 15 is 0 Å². The molecule has 0 saturated heterocycles. The minimum absolute atomic E-state index is 0.127. The Bertz CT molecular complexity index is 198. The van der Waals surface area contributed by atoms with Crippen molar-refractivity contribution in [2.75, 3.05) is 6.61 Å². The second-order valence-corrected chi connectivity index (χ2v) is 3.57. The van der Waals surface area contributed by atoms with Crippen molar-refractivity contribution in [2.24, 2.45) is 11.8 Å². The van der Waals surface area contributed by atoms with Crippen LogP contribution in [0.2, 0.25) is 0 Å². The molecule has 2 N–H and O–H groups in total. The number of aliphatic hydroxyl groups excluding tert-OH is 2. The summed E-state index contributed by atoms with van der Waals surface area (Å²) in [6.45, 7) is 8.37. The van der Waals surface area contributed by atoms with Gasteiger partial charge in [0.25, 0.3) is 0 Å². The fourth-order valence-corrected chi connectivity index (χ4v) is 1.12. The number of Topliss-reactive ketones (excluding diaryl/α,β-unsaturated/α-hetero) is 1. The summed E-state index contributed by atoms with van der Waals surface area (Å²) in [5, 5.41) is 18.3. The van der Waals surface area contributed by atoms with Gasteiger partial charge < -0.3 is 10.2 Å². The van der Waals surface area contributed by atoms with E-state index in [4.69, 9.17) is 5.11 Å². The molecule has 0 amide bonds. The van der Waals surface area contributed by atoms with Crippen LogP contribution in [0.5, 0.6) is 0 Å². The lowest BCUT2D eigenvalue weighted by atomic mass is 9.89. The van der Waals surface area contributed by atoms with E-state index in [1.807, 2.05) is 0 Å². The molecule has 0 fully saturated rings. The highest BCUT2D eigenvalue weighted by Crippen LogP contribution is 2.15. The fraction of sp³-hybridized carbons (Fsp3) is 0.700. The van der Waals surface area contributed by atoms with Crippen LogP contribution in [0.15, 0.2) is 12.2 Å². The monoisotopic (exact) mass is 186 g/mol. The lowest BCUT2D eigenvalue weighted by Crippen LogP contribution is -2.31. The molecule has 0 aliphatic carbocycles. The van der Waals surface area contributed by atoms with Crippen LogP contribution in [0.1, 0.15) is 20.8 Å². The van der Waals surface area contributed by atoms with E-state index in [9.17, 15) is 9.90 Å². The van der Waals surface area contributed by atoms with Gasteiger partial charge in [-0.25, -0.2) is 0 Å². The first-order valence-corrected chi connectivity index (χ1v) is 4.39. The third kappa shape index (κ3) is 3.28. The van der Waals surface area contributed by atoms with Gasteiger partial charge in [-0.3, -0.25) is 4.79 Å². The quantitative estimate of drug-likeness (QED) is 0.623. The Kier molecular flexibility index (Phi) is 4.88. The van der Waals surface area contributed by atoms with Gasteiger partial charge in [0.2, 0.25) is 0 Å². The molecule has 3 heteroatoms. The van der Waals surface area contributed by atoms with Gasteiger partial charge in [0, 0.05) is 11.8 Å². The highest BCUT2D eigenvalue weighted by molar-refractivity contribution is 5.83. The fourth-order valence-electron chi connectivity index (χ4n) is 1.12. The van der Waals surface area contributed by atoms with Crippen LogP contribution >= 0.6 is 0 Å². The van der Waals surface area contributed by atoms with Gasteiger partial charge in [-0.1, -0.05) is 26.0 Å². The van der Waals surface area contributed by atoms with E-state index in [2.05, 4.69) is 6.58 Å². The van der Waals surface area contributed by atoms with Crippen molar-refractivity contribution in [1.29, 1.82) is 0 Å². The zero-order valence-corrected chi connectivity index (χ0v) is 8.45. The molecule has 0 rings (SSSR count). The summed E-state index contributed by atoms with van der Waals surface area (Å²) in [5.74, 6) is -1.03. The SMILES string of the molecule is C=C(C)C(O)C(C)C(=O)C(C)CO. The molecular formula is C10H18O3. The van der Waals surface area contributed by atoms with E-state index in [0.29, 0.717) is 5.57 Å². The molecule has 0 aliphatic heterocycles. The molecule has 13 heavy (non-hydrogen) atoms. The summed E-state index contributed by atoms with van der Waals surface area (Å²) >= 11 is 0. The van der Waals surface area contributed by atoms with E-state index < -0.39 is 17.9 Å². The Balaban J connectivity index is 4.33. The zero-order chi connectivity index (χ0) is 10.6. The lowest BCUT2D eigenvalue weighted by Gasteiger charge is -2.20. The van der Waals surface area contributed by atoms with Gasteiger partial charge >= 0.3 is 0 Å². The van der Waals surface area contributed by atoms with Crippen molar-refractivity contribution in [2.45, 2.75) is 26.9 Å². The van der Waals surface area contributed by atoms with Gasteiger partial charge in [0.1, 0.15) is 5.78 Å². The molecule has 0 heterocycles.